The smallest absolute Gasteiger partial charge is 0.202 e. The second-order valence-electron chi connectivity index (χ2n) is 4.07. The molecule has 1 aliphatic carbocycles. The predicted octanol–water partition coefficient (Wildman–Crippen LogP) is 2.47. The van der Waals surface area contributed by atoms with Crippen LogP contribution >= 0.6 is 11.5 Å². The fourth-order valence-electron chi connectivity index (χ4n) is 1.91. The van der Waals surface area contributed by atoms with Gasteiger partial charge in [0.25, 0.3) is 0 Å². The van der Waals surface area contributed by atoms with Crippen LogP contribution in [0.4, 0.5) is 5.13 Å². The molecule has 0 radical (unpaired) electrons. The molecule has 1 fully saturated rings. The molecule has 2 rings (SSSR count). The van der Waals surface area contributed by atoms with Crippen LogP contribution in [0.15, 0.2) is 0 Å². The van der Waals surface area contributed by atoms with Crippen LogP contribution in [0.3, 0.4) is 0 Å². The van der Waals surface area contributed by atoms with E-state index in [9.17, 15) is 0 Å². The topological polar surface area (TPSA) is 47.0 Å². The molecule has 0 aliphatic heterocycles. The van der Waals surface area contributed by atoms with Crippen molar-refractivity contribution >= 4 is 16.7 Å². The predicted molar refractivity (Wildman–Crippen MR) is 66.0 cm³/mol. The number of ether oxygens (including phenoxy) is 1. The molecule has 4 nitrogen and oxygen atoms in total. The molecule has 0 aromatic carbocycles. The van der Waals surface area contributed by atoms with Gasteiger partial charge in [-0.1, -0.05) is 19.8 Å². The highest BCUT2D eigenvalue weighted by atomic mass is 32.1. The fourth-order valence-corrected chi connectivity index (χ4v) is 2.58. The first-order valence-electron chi connectivity index (χ1n) is 6.06. The van der Waals surface area contributed by atoms with Crippen molar-refractivity contribution in [3.63, 3.8) is 0 Å². The third kappa shape index (κ3) is 3.42. The van der Waals surface area contributed by atoms with Gasteiger partial charge in [-0.25, -0.2) is 4.98 Å². The van der Waals surface area contributed by atoms with Gasteiger partial charge in [0.1, 0.15) is 5.82 Å². The number of anilines is 1. The van der Waals surface area contributed by atoms with Crippen LogP contribution < -0.4 is 5.32 Å². The van der Waals surface area contributed by atoms with E-state index in [1.165, 1.54) is 37.2 Å². The lowest BCUT2D eigenvalue weighted by Gasteiger charge is -2.10. The van der Waals surface area contributed by atoms with Crippen molar-refractivity contribution in [2.45, 2.75) is 45.1 Å². The van der Waals surface area contributed by atoms with Crippen molar-refractivity contribution in [1.29, 1.82) is 0 Å². The summed E-state index contributed by atoms with van der Waals surface area (Å²) in [6.07, 6.45) is 6.53. The summed E-state index contributed by atoms with van der Waals surface area (Å²) < 4.78 is 9.97. The van der Waals surface area contributed by atoms with Crippen molar-refractivity contribution in [3.8, 4) is 0 Å². The lowest BCUT2D eigenvalue weighted by Crippen LogP contribution is -2.15. The third-order valence-corrected chi connectivity index (χ3v) is 3.53. The average Bonchev–Trinajstić information content (AvgIpc) is 2.95. The van der Waals surface area contributed by atoms with Gasteiger partial charge in [-0.3, -0.25) is 0 Å². The number of hydrogen-bond acceptors (Lipinski definition) is 5. The van der Waals surface area contributed by atoms with Crippen molar-refractivity contribution in [2.75, 3.05) is 18.5 Å². The molecule has 0 spiro atoms. The molecule has 90 valence electrons. The Morgan fingerprint density at radius 2 is 2.25 bits per heavy atom. The Labute approximate surface area is 101 Å². The second kappa shape index (κ2) is 6.15. The number of rotatable bonds is 6. The fraction of sp³-hybridized carbons (Fsp3) is 0.818. The van der Waals surface area contributed by atoms with Crippen LogP contribution in [0.1, 0.15) is 38.4 Å². The molecular weight excluding hydrogens is 222 g/mol. The van der Waals surface area contributed by atoms with Crippen molar-refractivity contribution < 1.29 is 4.74 Å². The van der Waals surface area contributed by atoms with Crippen molar-refractivity contribution in [1.82, 2.24) is 9.36 Å². The summed E-state index contributed by atoms with van der Waals surface area (Å²) in [5.74, 6) is 0.921. The Hall–Kier alpha value is -0.680. The molecule has 1 aromatic rings. The number of hydrogen-bond donors (Lipinski definition) is 1. The molecule has 0 atom stereocenters. The zero-order valence-corrected chi connectivity index (χ0v) is 10.6. The Morgan fingerprint density at radius 3 is 2.94 bits per heavy atom. The van der Waals surface area contributed by atoms with Crippen LogP contribution in [-0.4, -0.2) is 28.6 Å². The van der Waals surface area contributed by atoms with E-state index in [2.05, 4.69) is 21.6 Å². The minimum absolute atomic E-state index is 0.502. The molecule has 1 N–H and O–H groups in total. The van der Waals surface area contributed by atoms with Crippen LogP contribution in [0.5, 0.6) is 0 Å². The molecule has 1 heterocycles. The Kier molecular flexibility index (Phi) is 4.54. The molecule has 0 unspecified atom stereocenters. The number of nitrogens with zero attached hydrogens (tertiary/aromatic N) is 2. The highest BCUT2D eigenvalue weighted by Crippen LogP contribution is 2.20. The van der Waals surface area contributed by atoms with Crippen LogP contribution in [0, 0.1) is 0 Å². The van der Waals surface area contributed by atoms with E-state index in [0.29, 0.717) is 6.10 Å². The van der Waals surface area contributed by atoms with Crippen molar-refractivity contribution in [2.24, 2.45) is 0 Å². The zero-order valence-electron chi connectivity index (χ0n) is 9.74. The molecule has 1 saturated carbocycles. The molecule has 1 aliphatic rings. The van der Waals surface area contributed by atoms with Crippen LogP contribution in [0.2, 0.25) is 0 Å². The number of aromatic nitrogens is 2. The first-order chi connectivity index (χ1) is 7.88. The quantitative estimate of drug-likeness (QED) is 0.777. The standard InChI is InChI=1S/C11H19N3OS/c1-2-10-13-11(16-14-10)12-7-8-15-9-5-3-4-6-9/h9H,2-8H2,1H3,(H,12,13,14). The molecule has 0 bridgehead atoms. The van der Waals surface area contributed by atoms with Gasteiger partial charge in [0.15, 0.2) is 0 Å². The molecule has 1 aromatic heterocycles. The summed E-state index contributed by atoms with van der Waals surface area (Å²) in [6.45, 7) is 3.66. The molecule has 0 saturated heterocycles. The van der Waals surface area contributed by atoms with Crippen molar-refractivity contribution in [3.05, 3.63) is 5.82 Å². The summed E-state index contributed by atoms with van der Waals surface area (Å²) in [7, 11) is 0. The number of nitrogens with one attached hydrogen (secondary N) is 1. The molecule has 16 heavy (non-hydrogen) atoms. The minimum Gasteiger partial charge on any atom is -0.376 e. The normalized spacial score (nSPS) is 16.8. The highest BCUT2D eigenvalue weighted by Gasteiger charge is 2.14. The second-order valence-corrected chi connectivity index (χ2v) is 4.83. The lowest BCUT2D eigenvalue weighted by molar-refractivity contribution is 0.0659. The van der Waals surface area contributed by atoms with E-state index < -0.39 is 0 Å². The molecular formula is C11H19N3OS. The summed E-state index contributed by atoms with van der Waals surface area (Å²) in [5, 5.41) is 4.15. The summed E-state index contributed by atoms with van der Waals surface area (Å²) in [4.78, 5) is 4.34. The van der Waals surface area contributed by atoms with E-state index in [4.69, 9.17) is 4.74 Å². The maximum atomic E-state index is 5.75. The number of aryl methyl sites for hydroxylation is 1. The van der Waals surface area contributed by atoms with E-state index in [1.807, 2.05) is 0 Å². The van der Waals surface area contributed by atoms with E-state index in [-0.39, 0.29) is 0 Å². The van der Waals surface area contributed by atoms with Gasteiger partial charge in [0.2, 0.25) is 5.13 Å². The summed E-state index contributed by atoms with van der Waals surface area (Å²) in [5.41, 5.74) is 0. The van der Waals surface area contributed by atoms with Gasteiger partial charge in [-0.2, -0.15) is 4.37 Å². The van der Waals surface area contributed by atoms with Gasteiger partial charge < -0.3 is 10.1 Å². The lowest BCUT2D eigenvalue weighted by atomic mass is 10.3. The van der Waals surface area contributed by atoms with Crippen LogP contribution in [0.25, 0.3) is 0 Å². The van der Waals surface area contributed by atoms with Gasteiger partial charge in [0.05, 0.1) is 12.7 Å². The maximum absolute atomic E-state index is 5.75. The zero-order chi connectivity index (χ0) is 11.2. The molecule has 5 heteroatoms. The van der Waals surface area contributed by atoms with Gasteiger partial charge in [-0.05, 0) is 12.8 Å². The minimum atomic E-state index is 0.502. The summed E-state index contributed by atoms with van der Waals surface area (Å²) in [6, 6.07) is 0. The summed E-state index contributed by atoms with van der Waals surface area (Å²) >= 11 is 1.43. The van der Waals surface area contributed by atoms with Crippen LogP contribution in [-0.2, 0) is 11.2 Å². The van der Waals surface area contributed by atoms with E-state index in [1.54, 1.807) is 0 Å². The largest absolute Gasteiger partial charge is 0.376 e. The Morgan fingerprint density at radius 1 is 1.44 bits per heavy atom. The van der Waals surface area contributed by atoms with E-state index in [0.717, 1.165) is 30.5 Å². The Balaban J connectivity index is 1.60. The van der Waals surface area contributed by atoms with Gasteiger partial charge in [-0.15, -0.1) is 0 Å². The SMILES string of the molecule is CCc1nsc(NCCOC2CCCC2)n1. The third-order valence-electron chi connectivity index (χ3n) is 2.82. The highest BCUT2D eigenvalue weighted by molar-refractivity contribution is 7.09. The van der Waals surface area contributed by atoms with Gasteiger partial charge >= 0.3 is 0 Å². The average molecular weight is 241 g/mol. The molecule has 0 amide bonds. The maximum Gasteiger partial charge on any atom is 0.202 e. The first-order valence-corrected chi connectivity index (χ1v) is 6.84. The van der Waals surface area contributed by atoms with Gasteiger partial charge in [0, 0.05) is 24.5 Å². The van der Waals surface area contributed by atoms with E-state index >= 15 is 0 Å². The Bertz CT molecular complexity index is 310. The monoisotopic (exact) mass is 241 g/mol. The first kappa shape index (κ1) is 11.8.